The molecule has 2 rings (SSSR count). The van der Waals surface area contributed by atoms with E-state index in [-0.39, 0.29) is 6.09 Å². The molecule has 0 radical (unpaired) electrons. The first-order chi connectivity index (χ1) is 8.61. The maximum atomic E-state index is 11.8. The van der Waals surface area contributed by atoms with Gasteiger partial charge in [-0.25, -0.2) is 4.79 Å². The van der Waals surface area contributed by atoms with Crippen LogP contribution in [0.25, 0.3) is 0 Å². The second-order valence-corrected chi connectivity index (χ2v) is 5.40. The number of anilines is 1. The molecule has 5 heteroatoms. The Morgan fingerprint density at radius 1 is 1.56 bits per heavy atom. The van der Waals surface area contributed by atoms with Crippen LogP contribution in [0.4, 0.5) is 10.5 Å². The van der Waals surface area contributed by atoms with Gasteiger partial charge in [0, 0.05) is 29.2 Å². The molecule has 1 aromatic carbocycles. The van der Waals surface area contributed by atoms with Crippen molar-refractivity contribution < 1.29 is 9.53 Å². The minimum absolute atomic E-state index is 0.260. The van der Waals surface area contributed by atoms with E-state index in [1.54, 1.807) is 4.90 Å². The predicted molar refractivity (Wildman–Crippen MR) is 75.0 cm³/mol. The van der Waals surface area contributed by atoms with Crippen molar-refractivity contribution in [2.45, 2.75) is 6.92 Å². The van der Waals surface area contributed by atoms with E-state index in [4.69, 9.17) is 4.74 Å². The molecule has 1 saturated heterocycles. The van der Waals surface area contributed by atoms with Crippen LogP contribution in [0.5, 0.6) is 0 Å². The van der Waals surface area contributed by atoms with Crippen molar-refractivity contribution in [2.75, 3.05) is 31.6 Å². The molecule has 1 N–H and O–H groups in total. The zero-order valence-electron chi connectivity index (χ0n) is 10.6. The number of carbonyl (C=O) groups is 1. The summed E-state index contributed by atoms with van der Waals surface area (Å²) >= 11 is 3.46. The molecule has 0 aliphatic carbocycles. The van der Waals surface area contributed by atoms with E-state index in [0.29, 0.717) is 19.1 Å². The van der Waals surface area contributed by atoms with E-state index in [9.17, 15) is 4.79 Å². The molecule has 4 nitrogen and oxygen atoms in total. The van der Waals surface area contributed by atoms with Gasteiger partial charge in [-0.2, -0.15) is 0 Å². The fourth-order valence-electron chi connectivity index (χ4n) is 2.07. The van der Waals surface area contributed by atoms with E-state index in [0.717, 1.165) is 22.3 Å². The first-order valence-electron chi connectivity index (χ1n) is 5.97. The third-order valence-corrected chi connectivity index (χ3v) is 3.94. The Kier molecular flexibility index (Phi) is 4.24. The molecule has 1 aliphatic heterocycles. The average molecular weight is 313 g/mol. The normalized spacial score (nSPS) is 19.8. The summed E-state index contributed by atoms with van der Waals surface area (Å²) in [6, 6.07) is 5.88. The molecule has 0 spiro atoms. The second-order valence-electron chi connectivity index (χ2n) is 4.54. The zero-order chi connectivity index (χ0) is 13.1. The number of halogens is 1. The molecule has 1 amide bonds. The monoisotopic (exact) mass is 312 g/mol. The van der Waals surface area contributed by atoms with Gasteiger partial charge in [0.2, 0.25) is 0 Å². The van der Waals surface area contributed by atoms with Crippen LogP contribution < -0.4 is 10.2 Å². The lowest BCUT2D eigenvalue weighted by molar-refractivity contribution is 0.115. The van der Waals surface area contributed by atoms with Crippen molar-refractivity contribution in [1.29, 1.82) is 0 Å². The van der Waals surface area contributed by atoms with Crippen molar-refractivity contribution in [1.82, 2.24) is 5.32 Å². The minimum atomic E-state index is -0.260. The van der Waals surface area contributed by atoms with Crippen LogP contribution >= 0.6 is 15.9 Å². The Morgan fingerprint density at radius 2 is 2.33 bits per heavy atom. The predicted octanol–water partition coefficient (Wildman–Crippen LogP) is 2.55. The SMILES string of the molecule is CNCC1COC(=O)N(c2ccc(Br)c(C)c2)C1. The summed E-state index contributed by atoms with van der Waals surface area (Å²) in [6.07, 6.45) is -0.260. The van der Waals surface area contributed by atoms with Crippen LogP contribution in [0, 0.1) is 12.8 Å². The highest BCUT2D eigenvalue weighted by atomic mass is 79.9. The summed E-state index contributed by atoms with van der Waals surface area (Å²) in [5.41, 5.74) is 2.00. The topological polar surface area (TPSA) is 41.6 Å². The van der Waals surface area contributed by atoms with E-state index >= 15 is 0 Å². The highest BCUT2D eigenvalue weighted by Gasteiger charge is 2.28. The Morgan fingerprint density at radius 3 is 3.00 bits per heavy atom. The quantitative estimate of drug-likeness (QED) is 0.932. The molecule has 1 aromatic rings. The molecule has 1 atom stereocenters. The number of nitrogens with one attached hydrogen (secondary N) is 1. The van der Waals surface area contributed by atoms with Gasteiger partial charge in [-0.1, -0.05) is 15.9 Å². The highest BCUT2D eigenvalue weighted by Crippen LogP contribution is 2.25. The van der Waals surface area contributed by atoms with Crippen molar-refractivity contribution in [3.63, 3.8) is 0 Å². The van der Waals surface area contributed by atoms with Crippen LogP contribution in [0.3, 0.4) is 0 Å². The lowest BCUT2D eigenvalue weighted by Crippen LogP contribution is -2.46. The van der Waals surface area contributed by atoms with Crippen LogP contribution in [-0.4, -0.2) is 32.8 Å². The van der Waals surface area contributed by atoms with Crippen molar-refractivity contribution in [2.24, 2.45) is 5.92 Å². The number of aryl methyl sites for hydroxylation is 1. The lowest BCUT2D eigenvalue weighted by Gasteiger charge is -2.32. The molecule has 1 heterocycles. The first kappa shape index (κ1) is 13.4. The van der Waals surface area contributed by atoms with Crippen LogP contribution in [0.1, 0.15) is 5.56 Å². The molecule has 1 unspecified atom stereocenters. The number of nitrogens with zero attached hydrogens (tertiary/aromatic N) is 1. The summed E-state index contributed by atoms with van der Waals surface area (Å²) in [5, 5.41) is 3.12. The standard InChI is InChI=1S/C13H17BrN2O2/c1-9-5-11(3-4-12(9)14)16-7-10(6-15-2)8-18-13(16)17/h3-5,10,15H,6-8H2,1-2H3. The maximum absolute atomic E-state index is 11.8. The van der Waals surface area contributed by atoms with Gasteiger partial charge in [0.05, 0.1) is 6.61 Å². The van der Waals surface area contributed by atoms with Crippen molar-refractivity contribution in [3.8, 4) is 0 Å². The lowest BCUT2D eigenvalue weighted by atomic mass is 10.1. The third-order valence-electron chi connectivity index (χ3n) is 3.05. The summed E-state index contributed by atoms with van der Waals surface area (Å²) < 4.78 is 6.26. The summed E-state index contributed by atoms with van der Waals surface area (Å²) in [6.45, 7) is 4.04. The van der Waals surface area contributed by atoms with E-state index in [2.05, 4.69) is 21.2 Å². The van der Waals surface area contributed by atoms with Crippen LogP contribution in [-0.2, 0) is 4.74 Å². The average Bonchev–Trinajstić information content (AvgIpc) is 2.35. The molecular formula is C13H17BrN2O2. The Hall–Kier alpha value is -1.07. The molecule has 18 heavy (non-hydrogen) atoms. The maximum Gasteiger partial charge on any atom is 0.414 e. The van der Waals surface area contributed by atoms with Gasteiger partial charge >= 0.3 is 6.09 Å². The molecule has 0 aromatic heterocycles. The van der Waals surface area contributed by atoms with Gasteiger partial charge in [-0.3, -0.25) is 4.90 Å². The van der Waals surface area contributed by atoms with Gasteiger partial charge in [0.15, 0.2) is 0 Å². The van der Waals surface area contributed by atoms with Crippen molar-refractivity contribution in [3.05, 3.63) is 28.2 Å². The Bertz CT molecular complexity index is 451. The van der Waals surface area contributed by atoms with Gasteiger partial charge in [0.1, 0.15) is 0 Å². The number of rotatable bonds is 3. The number of ether oxygens (including phenoxy) is 1. The van der Waals surface area contributed by atoms with Crippen LogP contribution in [0.15, 0.2) is 22.7 Å². The van der Waals surface area contributed by atoms with Crippen molar-refractivity contribution >= 4 is 27.7 Å². The smallest absolute Gasteiger partial charge is 0.414 e. The summed E-state index contributed by atoms with van der Waals surface area (Å²) in [5.74, 6) is 0.330. The second kappa shape index (κ2) is 5.71. The number of hydrogen-bond acceptors (Lipinski definition) is 3. The largest absolute Gasteiger partial charge is 0.449 e. The number of cyclic esters (lactones) is 1. The van der Waals surface area contributed by atoms with Gasteiger partial charge in [-0.15, -0.1) is 0 Å². The van der Waals surface area contributed by atoms with Gasteiger partial charge in [0.25, 0.3) is 0 Å². The number of benzene rings is 1. The molecule has 0 saturated carbocycles. The third kappa shape index (κ3) is 2.84. The number of hydrogen-bond donors (Lipinski definition) is 1. The van der Waals surface area contributed by atoms with E-state index < -0.39 is 0 Å². The van der Waals surface area contributed by atoms with Crippen LogP contribution in [0.2, 0.25) is 0 Å². The fourth-order valence-corrected chi connectivity index (χ4v) is 2.32. The Labute approximate surface area is 115 Å². The molecular weight excluding hydrogens is 296 g/mol. The summed E-state index contributed by atoms with van der Waals surface area (Å²) in [7, 11) is 1.91. The minimum Gasteiger partial charge on any atom is -0.449 e. The Balaban J connectivity index is 2.18. The highest BCUT2D eigenvalue weighted by molar-refractivity contribution is 9.10. The molecule has 0 bridgehead atoms. The van der Waals surface area contributed by atoms with Gasteiger partial charge in [-0.05, 0) is 37.7 Å². The number of amides is 1. The molecule has 1 fully saturated rings. The summed E-state index contributed by atoms with van der Waals surface area (Å²) in [4.78, 5) is 13.5. The number of carbonyl (C=O) groups excluding carboxylic acids is 1. The van der Waals surface area contributed by atoms with E-state index in [1.807, 2.05) is 32.2 Å². The molecule has 1 aliphatic rings. The molecule has 98 valence electrons. The zero-order valence-corrected chi connectivity index (χ0v) is 12.2. The first-order valence-corrected chi connectivity index (χ1v) is 6.76. The van der Waals surface area contributed by atoms with E-state index in [1.165, 1.54) is 0 Å². The fraction of sp³-hybridized carbons (Fsp3) is 0.462. The van der Waals surface area contributed by atoms with Gasteiger partial charge < -0.3 is 10.1 Å².